The van der Waals surface area contributed by atoms with Crippen molar-refractivity contribution in [2.45, 2.75) is 20.8 Å². The van der Waals surface area contributed by atoms with Gasteiger partial charge in [-0.3, -0.25) is 9.69 Å². The minimum atomic E-state index is -0.485. The number of esters is 1. The fourth-order valence-electron chi connectivity index (χ4n) is 3.26. The van der Waals surface area contributed by atoms with Gasteiger partial charge >= 0.3 is 5.97 Å². The van der Waals surface area contributed by atoms with Crippen molar-refractivity contribution in [1.29, 1.82) is 0 Å². The van der Waals surface area contributed by atoms with Crippen LogP contribution in [0.5, 0.6) is 11.5 Å². The fourth-order valence-corrected chi connectivity index (χ4v) is 4.52. The lowest BCUT2D eigenvalue weighted by Gasteiger charge is -2.19. The van der Waals surface area contributed by atoms with E-state index in [1.54, 1.807) is 36.1 Å². The highest BCUT2D eigenvalue weighted by molar-refractivity contribution is 8.27. The number of carbonyl (C=O) groups excluding carboxylic acids is 2. The summed E-state index contributed by atoms with van der Waals surface area (Å²) in [5.41, 5.74) is 3.35. The van der Waals surface area contributed by atoms with Crippen LogP contribution in [0.15, 0.2) is 41.3 Å². The molecule has 0 aromatic heterocycles. The third kappa shape index (κ3) is 4.91. The van der Waals surface area contributed by atoms with Crippen LogP contribution in [0.25, 0.3) is 6.08 Å². The predicted molar refractivity (Wildman–Crippen MR) is 127 cm³/mol. The normalized spacial score (nSPS) is 14.8. The molecular formula is C23H23NO5S2. The molecule has 0 spiro atoms. The van der Waals surface area contributed by atoms with Crippen LogP contribution in [0, 0.1) is 13.8 Å². The van der Waals surface area contributed by atoms with Crippen molar-refractivity contribution >= 4 is 51.9 Å². The quantitative estimate of drug-likeness (QED) is 0.340. The monoisotopic (exact) mass is 457 g/mol. The minimum absolute atomic E-state index is 0.202. The minimum Gasteiger partial charge on any atom is -0.493 e. The number of anilines is 1. The van der Waals surface area contributed by atoms with Gasteiger partial charge in [0.15, 0.2) is 22.4 Å². The van der Waals surface area contributed by atoms with Crippen LogP contribution in [0.4, 0.5) is 5.69 Å². The molecule has 0 unspecified atom stereocenters. The Balaban J connectivity index is 1.96. The molecule has 162 valence electrons. The van der Waals surface area contributed by atoms with E-state index in [2.05, 4.69) is 0 Å². The first-order valence-electron chi connectivity index (χ1n) is 9.67. The number of hydrogen-bond donors (Lipinski definition) is 0. The largest absolute Gasteiger partial charge is 0.493 e. The van der Waals surface area contributed by atoms with Crippen LogP contribution in [-0.4, -0.2) is 36.5 Å². The first-order valence-corrected chi connectivity index (χ1v) is 10.9. The third-order valence-electron chi connectivity index (χ3n) is 4.61. The zero-order chi connectivity index (χ0) is 22.5. The summed E-state index contributed by atoms with van der Waals surface area (Å²) in [6.45, 7) is 5.63. The number of hydrogen-bond acceptors (Lipinski definition) is 7. The predicted octanol–water partition coefficient (Wildman–Crippen LogP) is 4.66. The average molecular weight is 458 g/mol. The smallest absolute Gasteiger partial charge is 0.344 e. The van der Waals surface area contributed by atoms with Crippen molar-refractivity contribution in [2.24, 2.45) is 0 Å². The molecule has 0 N–H and O–H groups in total. The standard InChI is InChI=1S/C23H23NO5S2/c1-5-28-19(25)13-29-21-16(10-7-11-17(21)27-4)12-18-22(26)24(23(30)31-18)20-14(2)8-6-9-15(20)3/h6-12H,5,13H2,1-4H3. The Morgan fingerprint density at radius 3 is 2.48 bits per heavy atom. The second-order valence-corrected chi connectivity index (χ2v) is 8.41. The second-order valence-electron chi connectivity index (χ2n) is 6.73. The number of para-hydroxylation sites is 2. The third-order valence-corrected chi connectivity index (χ3v) is 5.91. The number of carbonyl (C=O) groups is 2. The number of thiocarbonyl (C=S) groups is 1. The van der Waals surface area contributed by atoms with Crippen molar-refractivity contribution in [3.63, 3.8) is 0 Å². The number of rotatable bonds is 7. The molecule has 0 radical (unpaired) electrons. The van der Waals surface area contributed by atoms with Crippen LogP contribution >= 0.6 is 24.0 Å². The van der Waals surface area contributed by atoms with Gasteiger partial charge < -0.3 is 14.2 Å². The zero-order valence-corrected chi connectivity index (χ0v) is 19.4. The molecule has 1 aliphatic rings. The second kappa shape index (κ2) is 9.98. The maximum Gasteiger partial charge on any atom is 0.344 e. The average Bonchev–Trinajstić information content (AvgIpc) is 3.00. The molecular weight excluding hydrogens is 434 g/mol. The molecule has 0 aliphatic carbocycles. The lowest BCUT2D eigenvalue weighted by Crippen LogP contribution is -2.29. The molecule has 0 atom stereocenters. The summed E-state index contributed by atoms with van der Waals surface area (Å²) in [6.07, 6.45) is 1.70. The lowest BCUT2D eigenvalue weighted by molar-refractivity contribution is -0.145. The Labute approximate surface area is 191 Å². The first-order chi connectivity index (χ1) is 14.9. The number of ether oxygens (including phenoxy) is 3. The fraction of sp³-hybridized carbons (Fsp3) is 0.261. The van der Waals surface area contributed by atoms with E-state index in [-0.39, 0.29) is 19.1 Å². The van der Waals surface area contributed by atoms with Gasteiger partial charge in [-0.1, -0.05) is 54.3 Å². The van der Waals surface area contributed by atoms with Gasteiger partial charge in [0.05, 0.1) is 24.3 Å². The topological polar surface area (TPSA) is 65.1 Å². The molecule has 1 saturated heterocycles. The lowest BCUT2D eigenvalue weighted by atomic mass is 10.1. The SMILES string of the molecule is CCOC(=O)COc1c(C=C2SC(=S)N(c3c(C)cccc3C)C2=O)cccc1OC. The van der Waals surface area contributed by atoms with E-state index in [9.17, 15) is 9.59 Å². The molecule has 1 fully saturated rings. The first kappa shape index (κ1) is 22.8. The Morgan fingerprint density at radius 2 is 1.84 bits per heavy atom. The molecule has 3 rings (SSSR count). The van der Waals surface area contributed by atoms with Crippen molar-refractivity contribution in [3.8, 4) is 11.5 Å². The molecule has 8 heteroatoms. The molecule has 2 aromatic carbocycles. The summed E-state index contributed by atoms with van der Waals surface area (Å²) in [6, 6.07) is 11.1. The summed E-state index contributed by atoms with van der Waals surface area (Å²) in [5, 5.41) is 0. The molecule has 0 bridgehead atoms. The maximum atomic E-state index is 13.2. The summed E-state index contributed by atoms with van der Waals surface area (Å²) in [7, 11) is 1.51. The van der Waals surface area contributed by atoms with E-state index in [1.807, 2.05) is 32.0 Å². The zero-order valence-electron chi connectivity index (χ0n) is 17.8. The summed E-state index contributed by atoms with van der Waals surface area (Å²) in [4.78, 5) is 27.0. The highest BCUT2D eigenvalue weighted by atomic mass is 32.2. The molecule has 1 amide bonds. The molecule has 2 aromatic rings. The van der Waals surface area contributed by atoms with Crippen molar-refractivity contribution in [1.82, 2.24) is 0 Å². The van der Waals surface area contributed by atoms with E-state index in [1.165, 1.54) is 18.9 Å². The highest BCUT2D eigenvalue weighted by Gasteiger charge is 2.35. The van der Waals surface area contributed by atoms with E-state index in [0.717, 1.165) is 16.8 Å². The van der Waals surface area contributed by atoms with E-state index in [0.29, 0.717) is 26.3 Å². The molecule has 31 heavy (non-hydrogen) atoms. The summed E-state index contributed by atoms with van der Waals surface area (Å²) in [5.74, 6) is 0.117. The number of benzene rings is 2. The van der Waals surface area contributed by atoms with Gasteiger partial charge in [0, 0.05) is 5.56 Å². The van der Waals surface area contributed by atoms with Gasteiger partial charge in [-0.15, -0.1) is 0 Å². The molecule has 1 heterocycles. The number of thioether (sulfide) groups is 1. The number of aryl methyl sites for hydroxylation is 2. The highest BCUT2D eigenvalue weighted by Crippen LogP contribution is 2.40. The van der Waals surface area contributed by atoms with Gasteiger partial charge in [0.2, 0.25) is 0 Å². The van der Waals surface area contributed by atoms with Gasteiger partial charge in [-0.2, -0.15) is 0 Å². The van der Waals surface area contributed by atoms with Gasteiger partial charge in [0.25, 0.3) is 5.91 Å². The maximum absolute atomic E-state index is 13.2. The van der Waals surface area contributed by atoms with Crippen LogP contribution < -0.4 is 14.4 Å². The Bertz CT molecular complexity index is 1040. The summed E-state index contributed by atoms with van der Waals surface area (Å²) < 4.78 is 16.5. The van der Waals surface area contributed by atoms with E-state index in [4.69, 9.17) is 26.4 Å². The molecule has 1 aliphatic heterocycles. The van der Waals surface area contributed by atoms with Crippen molar-refractivity contribution in [2.75, 3.05) is 25.2 Å². The van der Waals surface area contributed by atoms with Crippen LogP contribution in [0.1, 0.15) is 23.6 Å². The van der Waals surface area contributed by atoms with E-state index < -0.39 is 5.97 Å². The number of nitrogens with zero attached hydrogens (tertiary/aromatic N) is 1. The van der Waals surface area contributed by atoms with Gasteiger partial charge in [-0.25, -0.2) is 4.79 Å². The van der Waals surface area contributed by atoms with Gasteiger partial charge in [-0.05, 0) is 44.0 Å². The van der Waals surface area contributed by atoms with Crippen LogP contribution in [-0.2, 0) is 14.3 Å². The van der Waals surface area contributed by atoms with Crippen molar-refractivity contribution < 1.29 is 23.8 Å². The molecule has 0 saturated carbocycles. The Hall–Kier alpha value is -2.84. The van der Waals surface area contributed by atoms with Crippen LogP contribution in [0.3, 0.4) is 0 Å². The van der Waals surface area contributed by atoms with E-state index >= 15 is 0 Å². The Morgan fingerprint density at radius 1 is 1.16 bits per heavy atom. The van der Waals surface area contributed by atoms with Gasteiger partial charge in [0.1, 0.15) is 0 Å². The van der Waals surface area contributed by atoms with Crippen LogP contribution in [0.2, 0.25) is 0 Å². The number of amides is 1. The number of methoxy groups -OCH3 is 1. The summed E-state index contributed by atoms with van der Waals surface area (Å²) >= 11 is 6.74. The molecule has 6 nitrogen and oxygen atoms in total. The van der Waals surface area contributed by atoms with Crippen molar-refractivity contribution in [3.05, 3.63) is 58.0 Å². The Kier molecular flexibility index (Phi) is 7.35.